The Morgan fingerprint density at radius 1 is 1.29 bits per heavy atom. The van der Waals surface area contributed by atoms with E-state index >= 15 is 0 Å². The van der Waals surface area contributed by atoms with Crippen LogP contribution in [-0.2, 0) is 9.59 Å². The number of rotatable bonds is 6. The van der Waals surface area contributed by atoms with E-state index in [0.29, 0.717) is 31.8 Å². The molecule has 0 saturated carbocycles. The molecular formula is C15H30ClN3O2. The van der Waals surface area contributed by atoms with Crippen molar-refractivity contribution in [2.45, 2.75) is 52.5 Å². The molecule has 1 aliphatic rings. The van der Waals surface area contributed by atoms with Crippen LogP contribution < -0.4 is 5.73 Å². The van der Waals surface area contributed by atoms with Gasteiger partial charge in [-0.05, 0) is 39.5 Å². The number of carbonyl (C=O) groups excluding carboxylic acids is 2. The largest absolute Gasteiger partial charge is 0.343 e. The molecule has 2 atom stereocenters. The Bertz CT molecular complexity index is 333. The molecule has 1 saturated heterocycles. The van der Waals surface area contributed by atoms with Gasteiger partial charge in [0.2, 0.25) is 11.8 Å². The highest BCUT2D eigenvalue weighted by Gasteiger charge is 2.26. The Kier molecular flexibility index (Phi) is 9.62. The summed E-state index contributed by atoms with van der Waals surface area (Å²) in [6, 6.07) is 0.128. The Labute approximate surface area is 134 Å². The van der Waals surface area contributed by atoms with E-state index in [9.17, 15) is 9.59 Å². The molecule has 124 valence electrons. The van der Waals surface area contributed by atoms with Crippen LogP contribution in [-0.4, -0.2) is 53.8 Å². The van der Waals surface area contributed by atoms with Crippen LogP contribution >= 0.6 is 12.4 Å². The second-order valence-electron chi connectivity index (χ2n) is 5.67. The van der Waals surface area contributed by atoms with Crippen molar-refractivity contribution in [1.82, 2.24) is 9.80 Å². The molecule has 0 aromatic carbocycles. The molecule has 5 nitrogen and oxygen atoms in total. The van der Waals surface area contributed by atoms with E-state index in [4.69, 9.17) is 5.73 Å². The molecule has 1 aliphatic heterocycles. The molecule has 1 fully saturated rings. The summed E-state index contributed by atoms with van der Waals surface area (Å²) in [7, 11) is 0. The minimum Gasteiger partial charge on any atom is -0.343 e. The van der Waals surface area contributed by atoms with Gasteiger partial charge in [0.1, 0.15) is 0 Å². The quantitative estimate of drug-likeness (QED) is 0.809. The molecular weight excluding hydrogens is 290 g/mol. The molecule has 1 heterocycles. The van der Waals surface area contributed by atoms with Crippen molar-refractivity contribution in [3.8, 4) is 0 Å². The molecule has 0 aliphatic carbocycles. The molecule has 0 spiro atoms. The van der Waals surface area contributed by atoms with Crippen molar-refractivity contribution in [2.24, 2.45) is 11.7 Å². The van der Waals surface area contributed by atoms with E-state index < -0.39 is 0 Å². The van der Waals surface area contributed by atoms with E-state index in [1.807, 2.05) is 25.7 Å². The van der Waals surface area contributed by atoms with Crippen molar-refractivity contribution in [3.05, 3.63) is 0 Å². The average molecular weight is 320 g/mol. The number of hydrogen-bond donors (Lipinski definition) is 1. The Morgan fingerprint density at radius 2 is 1.90 bits per heavy atom. The van der Waals surface area contributed by atoms with Gasteiger partial charge in [-0.25, -0.2) is 0 Å². The van der Waals surface area contributed by atoms with Gasteiger partial charge in [0.25, 0.3) is 0 Å². The minimum absolute atomic E-state index is 0. The summed E-state index contributed by atoms with van der Waals surface area (Å²) < 4.78 is 0. The van der Waals surface area contributed by atoms with Gasteiger partial charge < -0.3 is 15.5 Å². The lowest BCUT2D eigenvalue weighted by Gasteiger charge is -2.34. The van der Waals surface area contributed by atoms with E-state index in [2.05, 4.69) is 0 Å². The summed E-state index contributed by atoms with van der Waals surface area (Å²) in [6.45, 7) is 8.89. The highest BCUT2D eigenvalue weighted by molar-refractivity contribution is 5.85. The average Bonchev–Trinajstić information content (AvgIpc) is 2.46. The van der Waals surface area contributed by atoms with E-state index in [1.54, 1.807) is 4.90 Å². The predicted molar refractivity (Wildman–Crippen MR) is 87.4 cm³/mol. The Morgan fingerprint density at radius 3 is 2.43 bits per heavy atom. The van der Waals surface area contributed by atoms with Crippen LogP contribution in [0.25, 0.3) is 0 Å². The van der Waals surface area contributed by atoms with Gasteiger partial charge in [0.05, 0.1) is 0 Å². The molecule has 0 radical (unpaired) electrons. The first-order valence-corrected chi connectivity index (χ1v) is 7.80. The van der Waals surface area contributed by atoms with Gasteiger partial charge in [0.15, 0.2) is 0 Å². The third kappa shape index (κ3) is 6.22. The summed E-state index contributed by atoms with van der Waals surface area (Å²) in [4.78, 5) is 27.7. The predicted octanol–water partition coefficient (Wildman–Crippen LogP) is 1.64. The maximum atomic E-state index is 12.2. The second-order valence-corrected chi connectivity index (χ2v) is 5.67. The maximum absolute atomic E-state index is 12.2. The smallest absolute Gasteiger partial charge is 0.223 e. The van der Waals surface area contributed by atoms with Crippen molar-refractivity contribution in [2.75, 3.05) is 26.2 Å². The van der Waals surface area contributed by atoms with Crippen LogP contribution in [0.3, 0.4) is 0 Å². The normalized spacial score (nSPS) is 19.6. The highest BCUT2D eigenvalue weighted by atomic mass is 35.5. The summed E-state index contributed by atoms with van der Waals surface area (Å²) >= 11 is 0. The van der Waals surface area contributed by atoms with E-state index in [1.165, 1.54) is 0 Å². The van der Waals surface area contributed by atoms with Crippen molar-refractivity contribution in [1.29, 1.82) is 0 Å². The summed E-state index contributed by atoms with van der Waals surface area (Å²) in [5.74, 6) is 0.561. The lowest BCUT2D eigenvalue weighted by Crippen LogP contribution is -2.45. The lowest BCUT2D eigenvalue weighted by atomic mass is 9.92. The fourth-order valence-corrected chi connectivity index (χ4v) is 2.77. The fraction of sp³-hybridized carbons (Fsp3) is 0.867. The van der Waals surface area contributed by atoms with Crippen LogP contribution in [0.15, 0.2) is 0 Å². The number of carbonyl (C=O) groups is 2. The number of piperidine rings is 1. The van der Waals surface area contributed by atoms with E-state index in [0.717, 1.165) is 25.9 Å². The molecule has 21 heavy (non-hydrogen) atoms. The SMILES string of the molecule is CCN(CC)C(=O)CCC(=O)N1CCCC(C(C)N)C1.Cl. The van der Waals surface area contributed by atoms with Crippen LogP contribution in [0, 0.1) is 5.92 Å². The Hall–Kier alpha value is -0.810. The van der Waals surface area contributed by atoms with Gasteiger partial charge in [-0.3, -0.25) is 9.59 Å². The molecule has 6 heteroatoms. The molecule has 2 N–H and O–H groups in total. The lowest BCUT2D eigenvalue weighted by molar-refractivity contribution is -0.138. The number of likely N-dealkylation sites (tertiary alicyclic amines) is 1. The second kappa shape index (κ2) is 10.0. The van der Waals surface area contributed by atoms with Crippen molar-refractivity contribution in [3.63, 3.8) is 0 Å². The van der Waals surface area contributed by atoms with Crippen molar-refractivity contribution >= 4 is 24.2 Å². The van der Waals surface area contributed by atoms with Crippen LogP contribution in [0.4, 0.5) is 0 Å². The summed E-state index contributed by atoms with van der Waals surface area (Å²) in [5.41, 5.74) is 5.93. The minimum atomic E-state index is 0. The third-order valence-electron chi connectivity index (χ3n) is 4.22. The molecule has 2 amide bonds. The zero-order valence-corrected chi connectivity index (χ0v) is 14.3. The molecule has 0 aromatic heterocycles. The van der Waals surface area contributed by atoms with Gasteiger partial charge in [-0.1, -0.05) is 0 Å². The van der Waals surface area contributed by atoms with Crippen molar-refractivity contribution < 1.29 is 9.59 Å². The molecule has 2 unspecified atom stereocenters. The molecule has 0 bridgehead atoms. The number of halogens is 1. The third-order valence-corrected chi connectivity index (χ3v) is 4.22. The first-order chi connectivity index (χ1) is 9.49. The van der Waals surface area contributed by atoms with Crippen LogP contribution in [0.1, 0.15) is 46.5 Å². The van der Waals surface area contributed by atoms with Crippen LogP contribution in [0.5, 0.6) is 0 Å². The molecule has 1 rings (SSSR count). The fourth-order valence-electron chi connectivity index (χ4n) is 2.77. The zero-order chi connectivity index (χ0) is 15.1. The van der Waals surface area contributed by atoms with Gasteiger partial charge in [-0.2, -0.15) is 0 Å². The van der Waals surface area contributed by atoms with Gasteiger partial charge in [0, 0.05) is 45.1 Å². The first kappa shape index (κ1) is 20.2. The number of hydrogen-bond acceptors (Lipinski definition) is 3. The van der Waals surface area contributed by atoms with Crippen LogP contribution in [0.2, 0.25) is 0 Å². The Balaban J connectivity index is 0.00000400. The van der Waals surface area contributed by atoms with Gasteiger partial charge >= 0.3 is 0 Å². The molecule has 0 aromatic rings. The van der Waals surface area contributed by atoms with Gasteiger partial charge in [-0.15, -0.1) is 12.4 Å². The van der Waals surface area contributed by atoms with E-state index in [-0.39, 0.29) is 30.3 Å². The number of amides is 2. The highest BCUT2D eigenvalue weighted by Crippen LogP contribution is 2.19. The monoisotopic (exact) mass is 319 g/mol. The standard InChI is InChI=1S/C15H29N3O2.ClH/c1-4-17(5-2)14(19)8-9-15(20)18-10-6-7-13(11-18)12(3)16;/h12-13H,4-11,16H2,1-3H3;1H. The first-order valence-electron chi connectivity index (χ1n) is 7.80. The topological polar surface area (TPSA) is 66.6 Å². The maximum Gasteiger partial charge on any atom is 0.223 e. The summed E-state index contributed by atoms with van der Waals surface area (Å²) in [6.07, 6.45) is 2.75. The number of nitrogens with zero attached hydrogens (tertiary/aromatic N) is 2. The summed E-state index contributed by atoms with van der Waals surface area (Å²) in [5, 5.41) is 0. The zero-order valence-electron chi connectivity index (χ0n) is 13.5. The number of nitrogens with two attached hydrogens (primary N) is 1.